The second-order valence-electron chi connectivity index (χ2n) is 5.81. The zero-order valence-electron chi connectivity index (χ0n) is 13.8. The Morgan fingerprint density at radius 1 is 0.815 bits per heavy atom. The molecule has 0 unspecified atom stereocenters. The Labute approximate surface area is 154 Å². The fourth-order valence-corrected chi connectivity index (χ4v) is 3.60. The van der Waals surface area contributed by atoms with Crippen molar-refractivity contribution in [2.75, 3.05) is 0 Å². The van der Waals surface area contributed by atoms with Crippen molar-refractivity contribution in [1.29, 1.82) is 0 Å². The van der Waals surface area contributed by atoms with E-state index >= 15 is 0 Å². The molecule has 0 saturated heterocycles. The number of phenolic OH excluding ortho intramolecular Hbond substituents is 1. The summed E-state index contributed by atoms with van der Waals surface area (Å²) in [5, 5.41) is 19.9. The van der Waals surface area contributed by atoms with Gasteiger partial charge in [0.25, 0.3) is 10.1 Å². The lowest BCUT2D eigenvalue weighted by Gasteiger charge is -2.08. The van der Waals surface area contributed by atoms with Gasteiger partial charge in [0.15, 0.2) is 5.75 Å². The molecule has 134 valence electrons. The summed E-state index contributed by atoms with van der Waals surface area (Å²) in [5.41, 5.74) is 1.18. The van der Waals surface area contributed by atoms with Gasteiger partial charge in [0, 0.05) is 22.4 Å². The molecule has 0 saturated carbocycles. The molecule has 27 heavy (non-hydrogen) atoms. The number of aromatic nitrogens is 1. The third-order valence-corrected chi connectivity index (χ3v) is 5.02. The maximum absolute atomic E-state index is 11.8. The van der Waals surface area contributed by atoms with E-state index in [-0.39, 0.29) is 27.1 Å². The van der Waals surface area contributed by atoms with Gasteiger partial charge >= 0.3 is 0 Å². The predicted octanol–water partition coefficient (Wildman–Crippen LogP) is 4.76. The van der Waals surface area contributed by atoms with Gasteiger partial charge in [-0.2, -0.15) is 8.42 Å². The monoisotopic (exact) mass is 379 g/mol. The minimum atomic E-state index is -4.51. The highest BCUT2D eigenvalue weighted by Gasteiger charge is 2.19. The molecule has 0 fully saturated rings. The zero-order chi connectivity index (χ0) is 19.0. The predicted molar refractivity (Wildman–Crippen MR) is 101 cm³/mol. The molecule has 0 bridgehead atoms. The molecule has 0 atom stereocenters. The van der Waals surface area contributed by atoms with Crippen LogP contribution in [0.25, 0.3) is 21.7 Å². The van der Waals surface area contributed by atoms with Crippen LogP contribution in [0.5, 0.6) is 5.75 Å². The Morgan fingerprint density at radius 3 is 2.30 bits per heavy atom. The van der Waals surface area contributed by atoms with E-state index < -0.39 is 10.1 Å². The first kappa shape index (κ1) is 17.1. The Kier molecular flexibility index (Phi) is 4.06. The number of benzene rings is 3. The summed E-state index contributed by atoms with van der Waals surface area (Å²) in [6, 6.07) is 16.3. The summed E-state index contributed by atoms with van der Waals surface area (Å²) in [6.07, 6.45) is 1.66. The van der Waals surface area contributed by atoms with E-state index in [4.69, 9.17) is 0 Å². The van der Waals surface area contributed by atoms with Crippen molar-refractivity contribution in [3.63, 3.8) is 0 Å². The van der Waals surface area contributed by atoms with Gasteiger partial charge in [-0.05, 0) is 30.3 Å². The van der Waals surface area contributed by atoms with Crippen LogP contribution in [0.15, 0.2) is 82.0 Å². The Morgan fingerprint density at radius 2 is 1.52 bits per heavy atom. The van der Waals surface area contributed by atoms with Gasteiger partial charge in [-0.15, -0.1) is 10.2 Å². The van der Waals surface area contributed by atoms with Gasteiger partial charge in [0.05, 0.1) is 11.2 Å². The molecule has 0 aliphatic heterocycles. The normalized spacial score (nSPS) is 12.2. The number of rotatable bonds is 3. The highest BCUT2D eigenvalue weighted by atomic mass is 32.2. The Hall–Kier alpha value is -3.36. The van der Waals surface area contributed by atoms with E-state index in [9.17, 15) is 18.1 Å². The SMILES string of the molecule is O=S(=O)(O)c1cc(N=Nc2cccc3ncccc23)c(O)c2ccccc12. The quantitative estimate of drug-likeness (QED) is 0.394. The van der Waals surface area contributed by atoms with Crippen molar-refractivity contribution >= 4 is 43.2 Å². The molecule has 4 aromatic rings. The van der Waals surface area contributed by atoms with Crippen LogP contribution in [0.3, 0.4) is 0 Å². The molecule has 0 aliphatic carbocycles. The number of hydrogen-bond acceptors (Lipinski definition) is 6. The third kappa shape index (κ3) is 3.12. The number of phenols is 1. The summed E-state index contributed by atoms with van der Waals surface area (Å²) in [5.74, 6) is -0.222. The number of pyridine rings is 1. The molecule has 7 nitrogen and oxygen atoms in total. The molecule has 0 radical (unpaired) electrons. The van der Waals surface area contributed by atoms with Crippen LogP contribution in [0, 0.1) is 0 Å². The Balaban J connectivity index is 1.92. The average molecular weight is 379 g/mol. The van der Waals surface area contributed by atoms with E-state index in [0.717, 1.165) is 17.0 Å². The second-order valence-corrected chi connectivity index (χ2v) is 7.20. The topological polar surface area (TPSA) is 112 Å². The van der Waals surface area contributed by atoms with Gasteiger partial charge in [0.2, 0.25) is 0 Å². The smallest absolute Gasteiger partial charge is 0.295 e. The fourth-order valence-electron chi connectivity index (χ4n) is 2.88. The summed E-state index contributed by atoms with van der Waals surface area (Å²) >= 11 is 0. The number of aromatic hydroxyl groups is 1. The van der Waals surface area contributed by atoms with Crippen molar-refractivity contribution in [2.45, 2.75) is 4.90 Å². The molecular formula is C19H13N3O4S. The van der Waals surface area contributed by atoms with Crippen molar-refractivity contribution in [3.05, 3.63) is 66.9 Å². The molecule has 0 amide bonds. The van der Waals surface area contributed by atoms with Crippen molar-refractivity contribution in [3.8, 4) is 5.75 Å². The first-order valence-corrected chi connectivity index (χ1v) is 9.37. The maximum Gasteiger partial charge on any atom is 0.295 e. The lowest BCUT2D eigenvalue weighted by Crippen LogP contribution is -1.99. The van der Waals surface area contributed by atoms with Crippen LogP contribution in [0.4, 0.5) is 11.4 Å². The molecule has 2 N–H and O–H groups in total. The van der Waals surface area contributed by atoms with Crippen molar-refractivity contribution < 1.29 is 18.1 Å². The lowest BCUT2D eigenvalue weighted by atomic mass is 10.1. The highest BCUT2D eigenvalue weighted by molar-refractivity contribution is 7.86. The van der Waals surface area contributed by atoms with E-state index in [0.29, 0.717) is 5.69 Å². The molecule has 1 aromatic heterocycles. The molecule has 0 aliphatic rings. The van der Waals surface area contributed by atoms with Crippen LogP contribution < -0.4 is 0 Å². The first-order valence-electron chi connectivity index (χ1n) is 7.93. The minimum absolute atomic E-state index is 0.0674. The van der Waals surface area contributed by atoms with Crippen LogP contribution in [0.1, 0.15) is 0 Å². The van der Waals surface area contributed by atoms with Gasteiger partial charge in [-0.25, -0.2) is 0 Å². The van der Waals surface area contributed by atoms with Gasteiger partial charge in [-0.3, -0.25) is 9.54 Å². The molecule has 8 heteroatoms. The number of fused-ring (bicyclic) bond motifs is 2. The van der Waals surface area contributed by atoms with Crippen molar-refractivity contribution in [2.24, 2.45) is 10.2 Å². The summed E-state index contributed by atoms with van der Waals surface area (Å²) in [7, 11) is -4.51. The second kappa shape index (κ2) is 6.42. The van der Waals surface area contributed by atoms with E-state index in [1.165, 1.54) is 6.07 Å². The zero-order valence-corrected chi connectivity index (χ0v) is 14.6. The lowest BCUT2D eigenvalue weighted by molar-refractivity contribution is 0.480. The van der Waals surface area contributed by atoms with Gasteiger partial charge in [-0.1, -0.05) is 30.3 Å². The molecule has 4 rings (SSSR count). The number of hydrogen-bond donors (Lipinski definition) is 2. The van der Waals surface area contributed by atoms with Gasteiger partial charge in [0.1, 0.15) is 10.6 Å². The molecular weight excluding hydrogens is 366 g/mol. The third-order valence-electron chi connectivity index (χ3n) is 4.12. The van der Waals surface area contributed by atoms with E-state index in [1.807, 2.05) is 12.1 Å². The van der Waals surface area contributed by atoms with Crippen LogP contribution >= 0.6 is 0 Å². The molecule has 3 aromatic carbocycles. The summed E-state index contributed by atoms with van der Waals surface area (Å²) < 4.78 is 33.0. The summed E-state index contributed by atoms with van der Waals surface area (Å²) in [6.45, 7) is 0. The van der Waals surface area contributed by atoms with E-state index in [1.54, 1.807) is 42.6 Å². The molecule has 1 heterocycles. The largest absolute Gasteiger partial charge is 0.505 e. The number of nitrogens with zero attached hydrogens (tertiary/aromatic N) is 3. The first-order chi connectivity index (χ1) is 12.9. The molecule has 0 spiro atoms. The van der Waals surface area contributed by atoms with Gasteiger partial charge < -0.3 is 5.11 Å². The van der Waals surface area contributed by atoms with Crippen LogP contribution in [-0.4, -0.2) is 23.1 Å². The minimum Gasteiger partial charge on any atom is -0.505 e. The fraction of sp³-hybridized carbons (Fsp3) is 0. The maximum atomic E-state index is 11.8. The van der Waals surface area contributed by atoms with Crippen LogP contribution in [0.2, 0.25) is 0 Å². The Bertz CT molecular complexity index is 1310. The highest BCUT2D eigenvalue weighted by Crippen LogP contribution is 2.39. The van der Waals surface area contributed by atoms with Crippen molar-refractivity contribution in [1.82, 2.24) is 4.98 Å². The summed E-state index contributed by atoms with van der Waals surface area (Å²) in [4.78, 5) is 3.90. The number of azo groups is 1. The van der Waals surface area contributed by atoms with Crippen LogP contribution in [-0.2, 0) is 10.1 Å². The average Bonchev–Trinajstić information content (AvgIpc) is 2.66. The van der Waals surface area contributed by atoms with E-state index in [2.05, 4.69) is 15.2 Å². The standard InChI is InChI=1S/C19H13N3O4S/c23-19-13-6-2-1-5-12(13)18(27(24,25)26)11-17(19)22-21-16-9-3-8-15-14(16)7-4-10-20-15/h1-11,23H,(H,24,25,26).